The number of tetrazole rings is 1. The Bertz CT molecular complexity index is 1850. The Morgan fingerprint density at radius 3 is 2.85 bits per heavy atom. The molecule has 192 valence electrons. The number of halogens is 1. The fraction of sp³-hybridized carbons (Fsp3) is 0.207. The second kappa shape index (κ2) is 8.25. The van der Waals surface area contributed by atoms with Gasteiger partial charge < -0.3 is 14.9 Å². The molecule has 8 rings (SSSR count). The van der Waals surface area contributed by atoms with Crippen LogP contribution in [0.4, 0.5) is 5.69 Å². The van der Waals surface area contributed by atoms with Crippen molar-refractivity contribution in [2.24, 2.45) is 5.92 Å². The van der Waals surface area contributed by atoms with Gasteiger partial charge in [-0.3, -0.25) is 4.79 Å². The van der Waals surface area contributed by atoms with Gasteiger partial charge in [0.05, 0.1) is 23.6 Å². The van der Waals surface area contributed by atoms with Crippen molar-refractivity contribution in [1.29, 1.82) is 0 Å². The fourth-order valence-electron chi connectivity index (χ4n) is 6.26. The Kier molecular flexibility index (Phi) is 4.75. The first-order valence-electron chi connectivity index (χ1n) is 13.0. The van der Waals surface area contributed by atoms with Gasteiger partial charge in [0.25, 0.3) is 5.56 Å². The van der Waals surface area contributed by atoms with E-state index in [-0.39, 0.29) is 11.6 Å². The number of hydrogen-bond donors (Lipinski definition) is 2. The molecule has 0 bridgehead atoms. The van der Waals surface area contributed by atoms with Crippen molar-refractivity contribution in [1.82, 2.24) is 34.7 Å². The number of rotatable bonds is 4. The molecule has 0 amide bonds. The molecule has 10 heteroatoms. The monoisotopic (exact) mass is 534 g/mol. The van der Waals surface area contributed by atoms with E-state index in [9.17, 15) is 4.79 Å². The molecule has 1 fully saturated rings. The highest BCUT2D eigenvalue weighted by atomic mass is 35.5. The minimum atomic E-state index is -0.0613. The second-order valence-electron chi connectivity index (χ2n) is 10.5. The van der Waals surface area contributed by atoms with Gasteiger partial charge in [-0.25, -0.2) is 4.98 Å². The smallest absolute Gasteiger partial charge is 0.251 e. The Hall–Kier alpha value is -4.50. The summed E-state index contributed by atoms with van der Waals surface area (Å²) in [5.74, 6) is 1.53. The standard InChI is InChI=1S/C29H23ClN8O/c1-15-2-3-16-8-17(4-6-23(16)33-15)29-31-13-24(34-29)28-22-12-21(22)26-9-18(10-27(39)38(26)28)20-11-19(30)5-7-25(20)37-14-32-35-36-37/h4-11,13-14,21-22,28,33H,1-3,12H2,(H,31,34). The topological polar surface area (TPSA) is 106 Å². The lowest BCUT2D eigenvalue weighted by molar-refractivity contribution is 0.528. The number of anilines is 1. The van der Waals surface area contributed by atoms with Crippen molar-refractivity contribution in [3.05, 3.63) is 106 Å². The Morgan fingerprint density at radius 1 is 1.05 bits per heavy atom. The maximum atomic E-state index is 13.6. The number of aromatic nitrogens is 7. The zero-order chi connectivity index (χ0) is 26.2. The summed E-state index contributed by atoms with van der Waals surface area (Å²) >= 11 is 6.36. The number of allylic oxidation sites excluding steroid dienone is 1. The normalized spacial score (nSPS) is 20.7. The Morgan fingerprint density at radius 2 is 1.97 bits per heavy atom. The molecule has 0 spiro atoms. The molecule has 39 heavy (non-hydrogen) atoms. The lowest BCUT2D eigenvalue weighted by Gasteiger charge is -2.20. The number of nitrogens with zero attached hydrogens (tertiary/aromatic N) is 6. The minimum Gasteiger partial charge on any atom is -0.359 e. The van der Waals surface area contributed by atoms with Crippen LogP contribution in [0.2, 0.25) is 5.02 Å². The van der Waals surface area contributed by atoms with Gasteiger partial charge in [-0.1, -0.05) is 18.2 Å². The van der Waals surface area contributed by atoms with Crippen molar-refractivity contribution < 1.29 is 0 Å². The Labute approximate surface area is 228 Å². The van der Waals surface area contributed by atoms with E-state index in [1.807, 2.05) is 22.9 Å². The molecule has 1 aliphatic carbocycles. The number of benzene rings is 2. The largest absolute Gasteiger partial charge is 0.359 e. The van der Waals surface area contributed by atoms with E-state index in [2.05, 4.69) is 56.7 Å². The average Bonchev–Trinajstić information content (AvgIpc) is 3.28. The van der Waals surface area contributed by atoms with Crippen molar-refractivity contribution in [3.8, 4) is 28.2 Å². The fourth-order valence-corrected chi connectivity index (χ4v) is 6.43. The van der Waals surface area contributed by atoms with E-state index in [1.54, 1.807) is 16.8 Å². The molecule has 9 nitrogen and oxygen atoms in total. The minimum absolute atomic E-state index is 0.0430. The number of fused-ring (bicyclic) bond motifs is 4. The van der Waals surface area contributed by atoms with Crippen LogP contribution < -0.4 is 10.9 Å². The van der Waals surface area contributed by atoms with E-state index < -0.39 is 0 Å². The molecule has 2 aromatic carbocycles. The summed E-state index contributed by atoms with van der Waals surface area (Å²) in [7, 11) is 0. The van der Waals surface area contributed by atoms with Crippen LogP contribution in [0.1, 0.15) is 41.8 Å². The van der Waals surface area contributed by atoms with Gasteiger partial charge in [0.15, 0.2) is 0 Å². The van der Waals surface area contributed by atoms with E-state index in [4.69, 9.17) is 16.6 Å². The van der Waals surface area contributed by atoms with E-state index in [1.165, 1.54) is 11.9 Å². The molecule has 2 aliphatic heterocycles. The first-order chi connectivity index (χ1) is 19.0. The Balaban J connectivity index is 1.17. The third-order valence-corrected chi connectivity index (χ3v) is 8.40. The number of imidazole rings is 1. The van der Waals surface area contributed by atoms with Gasteiger partial charge in [-0.15, -0.1) is 5.10 Å². The number of hydrogen-bond acceptors (Lipinski definition) is 6. The van der Waals surface area contributed by atoms with Gasteiger partial charge >= 0.3 is 0 Å². The highest BCUT2D eigenvalue weighted by Crippen LogP contribution is 2.60. The maximum absolute atomic E-state index is 13.6. The summed E-state index contributed by atoms with van der Waals surface area (Å²) in [5.41, 5.74) is 8.81. The van der Waals surface area contributed by atoms with Crippen molar-refractivity contribution in [2.45, 2.75) is 31.2 Å². The predicted octanol–water partition coefficient (Wildman–Crippen LogP) is 5.11. The quantitative estimate of drug-likeness (QED) is 0.332. The molecule has 3 aromatic heterocycles. The average molecular weight is 535 g/mol. The summed E-state index contributed by atoms with van der Waals surface area (Å²) in [6.07, 6.45) is 6.36. The predicted molar refractivity (Wildman–Crippen MR) is 148 cm³/mol. The van der Waals surface area contributed by atoms with Crippen molar-refractivity contribution in [2.75, 3.05) is 5.32 Å². The van der Waals surface area contributed by atoms with Crippen LogP contribution in [0.5, 0.6) is 0 Å². The molecule has 3 atom stereocenters. The summed E-state index contributed by atoms with van der Waals surface area (Å²) in [5, 5.41) is 15.5. The van der Waals surface area contributed by atoms with Crippen molar-refractivity contribution >= 4 is 17.3 Å². The number of H-pyrrole nitrogens is 1. The third kappa shape index (κ3) is 3.57. The van der Waals surface area contributed by atoms with E-state index in [0.29, 0.717) is 16.9 Å². The first kappa shape index (κ1) is 22.5. The second-order valence-corrected chi connectivity index (χ2v) is 11.0. The third-order valence-electron chi connectivity index (χ3n) is 8.17. The van der Waals surface area contributed by atoms with Crippen LogP contribution in [-0.4, -0.2) is 34.7 Å². The van der Waals surface area contributed by atoms with Crippen LogP contribution in [0, 0.1) is 5.92 Å². The highest BCUT2D eigenvalue weighted by molar-refractivity contribution is 6.31. The number of pyridine rings is 1. The molecule has 5 aromatic rings. The van der Waals surface area contributed by atoms with Crippen molar-refractivity contribution in [3.63, 3.8) is 0 Å². The van der Waals surface area contributed by atoms with Crippen LogP contribution in [0.15, 0.2) is 78.1 Å². The van der Waals surface area contributed by atoms with Crippen LogP contribution in [0.3, 0.4) is 0 Å². The summed E-state index contributed by atoms with van der Waals surface area (Å²) in [6, 6.07) is 15.6. The molecule has 1 saturated carbocycles. The van der Waals surface area contributed by atoms with Gasteiger partial charge in [0, 0.05) is 45.2 Å². The van der Waals surface area contributed by atoms with Crippen LogP contribution in [0.25, 0.3) is 28.2 Å². The number of aromatic amines is 1. The molecular formula is C29H23ClN8O. The first-order valence-corrected chi connectivity index (χ1v) is 13.3. The summed E-state index contributed by atoms with van der Waals surface area (Å²) in [6.45, 7) is 4.05. The van der Waals surface area contributed by atoms with Gasteiger partial charge in [0.1, 0.15) is 12.2 Å². The number of nitrogens with one attached hydrogen (secondary N) is 2. The van der Waals surface area contributed by atoms with E-state index in [0.717, 1.165) is 70.2 Å². The molecule has 5 heterocycles. The summed E-state index contributed by atoms with van der Waals surface area (Å²) < 4.78 is 3.52. The van der Waals surface area contributed by atoms with Crippen LogP contribution in [-0.2, 0) is 6.42 Å². The molecule has 3 aliphatic rings. The van der Waals surface area contributed by atoms with Gasteiger partial charge in [0.2, 0.25) is 0 Å². The SMILES string of the molecule is C=C1CCc2cc(-c3ncc(C4C5CC5c5cc(-c6cc(Cl)ccc6-n6cnnn6)cc(=O)n54)[nH]3)ccc2N1. The molecule has 3 unspecified atom stereocenters. The molecule has 0 radical (unpaired) electrons. The zero-order valence-corrected chi connectivity index (χ0v) is 21.6. The number of aryl methyl sites for hydroxylation is 1. The molecular weight excluding hydrogens is 512 g/mol. The lowest BCUT2D eigenvalue weighted by Crippen LogP contribution is -2.26. The summed E-state index contributed by atoms with van der Waals surface area (Å²) in [4.78, 5) is 21.9. The molecule has 2 N–H and O–H groups in total. The lowest BCUT2D eigenvalue weighted by atomic mass is 9.99. The maximum Gasteiger partial charge on any atom is 0.251 e. The zero-order valence-electron chi connectivity index (χ0n) is 20.8. The highest BCUT2D eigenvalue weighted by Gasteiger charge is 2.53. The van der Waals surface area contributed by atoms with Gasteiger partial charge in [-0.05, 0) is 89.2 Å². The van der Waals surface area contributed by atoms with Crippen LogP contribution >= 0.6 is 11.6 Å². The molecule has 0 saturated heterocycles. The van der Waals surface area contributed by atoms with E-state index >= 15 is 0 Å². The van der Waals surface area contributed by atoms with Gasteiger partial charge in [-0.2, -0.15) is 4.68 Å².